The van der Waals surface area contributed by atoms with Gasteiger partial charge in [-0.2, -0.15) is 0 Å². The maximum absolute atomic E-state index is 5.80. The summed E-state index contributed by atoms with van der Waals surface area (Å²) in [5.74, 6) is 0.912. The SMILES string of the molecule is CCCNC(CC)c1ccc(OCc2cnc(C)s2)cc1. The van der Waals surface area contributed by atoms with E-state index in [0.717, 1.165) is 35.0 Å². The molecule has 1 unspecified atom stereocenters. The maximum atomic E-state index is 5.80. The first-order chi connectivity index (χ1) is 10.2. The molecule has 2 rings (SSSR count). The Bertz CT molecular complexity index is 536. The number of thiazole rings is 1. The third kappa shape index (κ3) is 4.83. The van der Waals surface area contributed by atoms with E-state index in [-0.39, 0.29) is 0 Å². The van der Waals surface area contributed by atoms with Gasteiger partial charge in [-0.25, -0.2) is 4.98 Å². The molecular weight excluding hydrogens is 280 g/mol. The third-order valence-corrected chi connectivity index (χ3v) is 4.27. The van der Waals surface area contributed by atoms with Crippen LogP contribution in [-0.4, -0.2) is 11.5 Å². The van der Waals surface area contributed by atoms with Crippen molar-refractivity contribution in [3.05, 3.63) is 45.9 Å². The van der Waals surface area contributed by atoms with E-state index >= 15 is 0 Å². The molecule has 0 spiro atoms. The molecule has 1 heterocycles. The highest BCUT2D eigenvalue weighted by Gasteiger charge is 2.08. The van der Waals surface area contributed by atoms with Crippen LogP contribution in [0.3, 0.4) is 0 Å². The standard InChI is InChI=1S/C17H24N2OS/c1-4-10-18-17(5-2)14-6-8-15(9-7-14)20-12-16-11-19-13(3)21-16/h6-9,11,17-18H,4-5,10,12H2,1-3H3. The second-order valence-corrected chi connectivity index (χ2v) is 6.44. The Morgan fingerprint density at radius 2 is 2.00 bits per heavy atom. The summed E-state index contributed by atoms with van der Waals surface area (Å²) < 4.78 is 5.80. The number of rotatable bonds is 8. The van der Waals surface area contributed by atoms with Crippen LogP contribution >= 0.6 is 11.3 Å². The molecule has 0 amide bonds. The molecule has 114 valence electrons. The first-order valence-corrected chi connectivity index (χ1v) is 8.42. The van der Waals surface area contributed by atoms with E-state index in [4.69, 9.17) is 4.74 Å². The van der Waals surface area contributed by atoms with Crippen LogP contribution < -0.4 is 10.1 Å². The van der Waals surface area contributed by atoms with Crippen LogP contribution in [0, 0.1) is 6.92 Å². The van der Waals surface area contributed by atoms with Gasteiger partial charge in [-0.15, -0.1) is 11.3 Å². The predicted molar refractivity (Wildman–Crippen MR) is 89.0 cm³/mol. The van der Waals surface area contributed by atoms with E-state index in [1.807, 2.05) is 13.1 Å². The number of aromatic nitrogens is 1. The number of ether oxygens (including phenoxy) is 1. The first-order valence-electron chi connectivity index (χ1n) is 7.60. The van der Waals surface area contributed by atoms with Crippen molar-refractivity contribution in [2.75, 3.05) is 6.54 Å². The fourth-order valence-electron chi connectivity index (χ4n) is 2.24. The quantitative estimate of drug-likeness (QED) is 0.780. The van der Waals surface area contributed by atoms with Gasteiger partial charge in [0, 0.05) is 12.2 Å². The minimum absolute atomic E-state index is 0.433. The highest BCUT2D eigenvalue weighted by molar-refractivity contribution is 7.11. The van der Waals surface area contributed by atoms with Gasteiger partial charge in [-0.05, 0) is 44.0 Å². The molecule has 4 heteroatoms. The number of hydrogen-bond donors (Lipinski definition) is 1. The summed E-state index contributed by atoms with van der Waals surface area (Å²) in [6, 6.07) is 8.86. The van der Waals surface area contributed by atoms with Gasteiger partial charge in [-0.3, -0.25) is 0 Å². The summed E-state index contributed by atoms with van der Waals surface area (Å²) in [6.07, 6.45) is 4.14. The number of nitrogens with one attached hydrogen (secondary N) is 1. The lowest BCUT2D eigenvalue weighted by Crippen LogP contribution is -2.21. The molecule has 0 aliphatic heterocycles. The van der Waals surface area contributed by atoms with E-state index in [9.17, 15) is 0 Å². The summed E-state index contributed by atoms with van der Waals surface area (Å²) in [6.45, 7) is 8.07. The van der Waals surface area contributed by atoms with E-state index in [0.29, 0.717) is 12.6 Å². The molecule has 1 aromatic heterocycles. The number of benzene rings is 1. The van der Waals surface area contributed by atoms with Crippen molar-refractivity contribution in [3.63, 3.8) is 0 Å². The van der Waals surface area contributed by atoms with Gasteiger partial charge < -0.3 is 10.1 Å². The molecule has 2 aromatic rings. The number of aryl methyl sites for hydroxylation is 1. The Morgan fingerprint density at radius 1 is 1.24 bits per heavy atom. The average Bonchev–Trinajstić information content (AvgIpc) is 2.93. The largest absolute Gasteiger partial charge is 0.488 e. The summed E-state index contributed by atoms with van der Waals surface area (Å²) in [5.41, 5.74) is 1.33. The molecule has 21 heavy (non-hydrogen) atoms. The summed E-state index contributed by atoms with van der Waals surface area (Å²) in [5, 5.41) is 4.65. The number of hydrogen-bond acceptors (Lipinski definition) is 4. The summed E-state index contributed by atoms with van der Waals surface area (Å²) >= 11 is 1.68. The van der Waals surface area contributed by atoms with E-state index in [2.05, 4.69) is 48.4 Å². The molecule has 3 nitrogen and oxygen atoms in total. The van der Waals surface area contributed by atoms with Crippen molar-refractivity contribution >= 4 is 11.3 Å². The van der Waals surface area contributed by atoms with Gasteiger partial charge in [0.25, 0.3) is 0 Å². The fraction of sp³-hybridized carbons (Fsp3) is 0.471. The van der Waals surface area contributed by atoms with Crippen LogP contribution in [0.2, 0.25) is 0 Å². The maximum Gasteiger partial charge on any atom is 0.124 e. The van der Waals surface area contributed by atoms with Crippen molar-refractivity contribution in [2.24, 2.45) is 0 Å². The van der Waals surface area contributed by atoms with Gasteiger partial charge in [0.15, 0.2) is 0 Å². The van der Waals surface area contributed by atoms with Crippen molar-refractivity contribution in [3.8, 4) is 5.75 Å². The minimum Gasteiger partial charge on any atom is -0.488 e. The van der Waals surface area contributed by atoms with Gasteiger partial charge in [-0.1, -0.05) is 26.0 Å². The topological polar surface area (TPSA) is 34.1 Å². The molecule has 1 atom stereocenters. The fourth-order valence-corrected chi connectivity index (χ4v) is 2.95. The smallest absolute Gasteiger partial charge is 0.124 e. The van der Waals surface area contributed by atoms with Crippen molar-refractivity contribution in [1.29, 1.82) is 0 Å². The highest BCUT2D eigenvalue weighted by atomic mass is 32.1. The zero-order chi connectivity index (χ0) is 15.1. The zero-order valence-electron chi connectivity index (χ0n) is 13.1. The minimum atomic E-state index is 0.433. The Morgan fingerprint density at radius 3 is 2.57 bits per heavy atom. The first kappa shape index (κ1) is 16.0. The molecule has 0 bridgehead atoms. The van der Waals surface area contributed by atoms with Crippen LogP contribution in [0.4, 0.5) is 0 Å². The van der Waals surface area contributed by atoms with Crippen molar-refractivity contribution in [2.45, 2.75) is 46.3 Å². The molecule has 1 aromatic carbocycles. The lowest BCUT2D eigenvalue weighted by molar-refractivity contribution is 0.309. The summed E-state index contributed by atoms with van der Waals surface area (Å²) in [4.78, 5) is 5.40. The Balaban J connectivity index is 1.91. The van der Waals surface area contributed by atoms with Crippen molar-refractivity contribution < 1.29 is 4.74 Å². The molecule has 0 fully saturated rings. The van der Waals surface area contributed by atoms with Gasteiger partial charge >= 0.3 is 0 Å². The van der Waals surface area contributed by atoms with Crippen molar-refractivity contribution in [1.82, 2.24) is 10.3 Å². The van der Waals surface area contributed by atoms with E-state index in [1.165, 1.54) is 5.56 Å². The Hall–Kier alpha value is -1.39. The number of nitrogens with zero attached hydrogens (tertiary/aromatic N) is 1. The van der Waals surface area contributed by atoms with Crippen LogP contribution in [0.25, 0.3) is 0 Å². The van der Waals surface area contributed by atoms with Gasteiger partial charge in [0.1, 0.15) is 12.4 Å². The van der Waals surface area contributed by atoms with Gasteiger partial charge in [0.2, 0.25) is 0 Å². The average molecular weight is 304 g/mol. The van der Waals surface area contributed by atoms with Crippen LogP contribution in [0.15, 0.2) is 30.5 Å². The van der Waals surface area contributed by atoms with Crippen LogP contribution in [0.5, 0.6) is 5.75 Å². The Labute approximate surface area is 131 Å². The molecule has 0 aliphatic rings. The molecule has 0 aliphatic carbocycles. The second kappa shape index (κ2) is 8.15. The summed E-state index contributed by atoms with van der Waals surface area (Å²) in [7, 11) is 0. The normalized spacial score (nSPS) is 12.3. The third-order valence-electron chi connectivity index (χ3n) is 3.38. The van der Waals surface area contributed by atoms with Gasteiger partial charge in [0.05, 0.1) is 9.88 Å². The lowest BCUT2D eigenvalue weighted by Gasteiger charge is -2.17. The monoisotopic (exact) mass is 304 g/mol. The highest BCUT2D eigenvalue weighted by Crippen LogP contribution is 2.21. The zero-order valence-corrected chi connectivity index (χ0v) is 13.9. The second-order valence-electron chi connectivity index (χ2n) is 5.12. The predicted octanol–water partition coefficient (Wildman–Crippen LogP) is 4.48. The molecule has 0 saturated carbocycles. The molecule has 1 N–H and O–H groups in total. The van der Waals surface area contributed by atoms with Crippen LogP contribution in [0.1, 0.15) is 48.2 Å². The van der Waals surface area contributed by atoms with E-state index < -0.39 is 0 Å². The Kier molecular flexibility index (Phi) is 6.21. The van der Waals surface area contributed by atoms with Crippen LogP contribution in [-0.2, 0) is 6.61 Å². The molecule has 0 saturated heterocycles. The molecular formula is C17H24N2OS. The lowest BCUT2D eigenvalue weighted by atomic mass is 10.0. The molecule has 0 radical (unpaired) electrons. The van der Waals surface area contributed by atoms with E-state index in [1.54, 1.807) is 11.3 Å².